The Morgan fingerprint density at radius 1 is 1.06 bits per heavy atom. The van der Waals surface area contributed by atoms with Crippen molar-refractivity contribution in [3.63, 3.8) is 0 Å². The molecule has 0 saturated heterocycles. The molecule has 0 atom stereocenters. The predicted molar refractivity (Wildman–Crippen MR) is 71.1 cm³/mol. The molecule has 17 heavy (non-hydrogen) atoms. The Morgan fingerprint density at radius 3 is 2.41 bits per heavy atom. The minimum Gasteiger partial charge on any atom is -0.331 e. The van der Waals surface area contributed by atoms with Crippen LogP contribution in [0, 0.1) is 0 Å². The summed E-state index contributed by atoms with van der Waals surface area (Å²) < 4.78 is 2.24. The standard InChI is InChI=1S/C15H20N2/c1-3-5-15-16-10-11-17(15)12-14-8-6-13(4-2)7-9-14/h6-11H,3-5,12H2,1-2H3. The summed E-state index contributed by atoms with van der Waals surface area (Å²) in [6.07, 6.45) is 7.27. The second-order valence-electron chi connectivity index (χ2n) is 4.39. The van der Waals surface area contributed by atoms with Crippen molar-refractivity contribution in [2.24, 2.45) is 0 Å². The number of hydrogen-bond donors (Lipinski definition) is 0. The molecule has 0 spiro atoms. The highest BCUT2D eigenvalue weighted by Gasteiger charge is 2.02. The number of rotatable bonds is 5. The smallest absolute Gasteiger partial charge is 0.108 e. The number of aryl methyl sites for hydroxylation is 2. The zero-order valence-corrected chi connectivity index (χ0v) is 10.7. The maximum atomic E-state index is 4.40. The molecule has 1 aromatic carbocycles. The maximum Gasteiger partial charge on any atom is 0.108 e. The van der Waals surface area contributed by atoms with Crippen LogP contribution in [0.2, 0.25) is 0 Å². The van der Waals surface area contributed by atoms with Crippen molar-refractivity contribution in [3.8, 4) is 0 Å². The molecule has 0 unspecified atom stereocenters. The highest BCUT2D eigenvalue weighted by molar-refractivity contribution is 5.23. The van der Waals surface area contributed by atoms with Gasteiger partial charge in [0.05, 0.1) is 0 Å². The van der Waals surface area contributed by atoms with E-state index in [0.29, 0.717) is 0 Å². The van der Waals surface area contributed by atoms with Crippen molar-refractivity contribution >= 4 is 0 Å². The van der Waals surface area contributed by atoms with Gasteiger partial charge < -0.3 is 4.57 Å². The third-order valence-electron chi connectivity index (χ3n) is 3.06. The van der Waals surface area contributed by atoms with Crippen molar-refractivity contribution < 1.29 is 0 Å². The van der Waals surface area contributed by atoms with Crippen LogP contribution in [0.25, 0.3) is 0 Å². The summed E-state index contributed by atoms with van der Waals surface area (Å²) in [7, 11) is 0. The highest BCUT2D eigenvalue weighted by Crippen LogP contribution is 2.09. The molecular formula is C15H20N2. The van der Waals surface area contributed by atoms with Gasteiger partial charge in [0.25, 0.3) is 0 Å². The second-order valence-corrected chi connectivity index (χ2v) is 4.39. The third kappa shape index (κ3) is 2.96. The van der Waals surface area contributed by atoms with Gasteiger partial charge in [0.1, 0.15) is 5.82 Å². The van der Waals surface area contributed by atoms with E-state index in [4.69, 9.17) is 0 Å². The van der Waals surface area contributed by atoms with Crippen LogP contribution in [-0.4, -0.2) is 9.55 Å². The quantitative estimate of drug-likeness (QED) is 0.766. The van der Waals surface area contributed by atoms with Gasteiger partial charge in [-0.2, -0.15) is 0 Å². The Balaban J connectivity index is 2.10. The SMILES string of the molecule is CCCc1nccn1Cc1ccc(CC)cc1. The van der Waals surface area contributed by atoms with Gasteiger partial charge in [0.15, 0.2) is 0 Å². The lowest BCUT2D eigenvalue weighted by molar-refractivity contribution is 0.705. The molecule has 2 aromatic rings. The zero-order valence-electron chi connectivity index (χ0n) is 10.7. The molecule has 0 aliphatic rings. The summed E-state index contributed by atoms with van der Waals surface area (Å²) in [5.74, 6) is 1.19. The van der Waals surface area contributed by atoms with Gasteiger partial charge in [0.2, 0.25) is 0 Å². The van der Waals surface area contributed by atoms with E-state index in [1.807, 2.05) is 6.20 Å². The number of imidazole rings is 1. The Bertz CT molecular complexity index is 454. The molecule has 2 rings (SSSR count). The first-order valence-electron chi connectivity index (χ1n) is 6.41. The largest absolute Gasteiger partial charge is 0.331 e. The maximum absolute atomic E-state index is 4.40. The van der Waals surface area contributed by atoms with Crippen LogP contribution >= 0.6 is 0 Å². The van der Waals surface area contributed by atoms with Gasteiger partial charge in [0, 0.05) is 25.4 Å². The lowest BCUT2D eigenvalue weighted by Crippen LogP contribution is -2.04. The van der Waals surface area contributed by atoms with E-state index in [2.05, 4.69) is 53.9 Å². The van der Waals surface area contributed by atoms with Gasteiger partial charge >= 0.3 is 0 Å². The number of aromatic nitrogens is 2. The molecule has 0 aliphatic heterocycles. The van der Waals surface area contributed by atoms with E-state index in [-0.39, 0.29) is 0 Å². The lowest BCUT2D eigenvalue weighted by Gasteiger charge is -2.07. The summed E-state index contributed by atoms with van der Waals surface area (Å²) in [6.45, 7) is 5.30. The van der Waals surface area contributed by atoms with Gasteiger partial charge in [-0.1, -0.05) is 38.1 Å². The summed E-state index contributed by atoms with van der Waals surface area (Å²) >= 11 is 0. The molecule has 1 heterocycles. The van der Waals surface area contributed by atoms with E-state index in [1.165, 1.54) is 17.0 Å². The first-order chi connectivity index (χ1) is 8.33. The molecule has 0 amide bonds. The topological polar surface area (TPSA) is 17.8 Å². The van der Waals surface area contributed by atoms with Crippen LogP contribution in [-0.2, 0) is 19.4 Å². The normalized spacial score (nSPS) is 10.7. The van der Waals surface area contributed by atoms with Crippen molar-refractivity contribution in [2.75, 3.05) is 0 Å². The van der Waals surface area contributed by atoms with E-state index < -0.39 is 0 Å². The van der Waals surface area contributed by atoms with E-state index in [9.17, 15) is 0 Å². The van der Waals surface area contributed by atoms with Crippen molar-refractivity contribution in [3.05, 3.63) is 53.6 Å². The average molecular weight is 228 g/mol. The molecule has 1 aromatic heterocycles. The van der Waals surface area contributed by atoms with Crippen LogP contribution in [0.3, 0.4) is 0 Å². The van der Waals surface area contributed by atoms with Gasteiger partial charge in [-0.25, -0.2) is 4.98 Å². The van der Waals surface area contributed by atoms with Crippen LogP contribution in [0.4, 0.5) is 0 Å². The number of hydrogen-bond acceptors (Lipinski definition) is 1. The molecule has 0 aliphatic carbocycles. The molecule has 0 saturated carbocycles. The van der Waals surface area contributed by atoms with E-state index >= 15 is 0 Å². The fourth-order valence-corrected chi connectivity index (χ4v) is 2.01. The van der Waals surface area contributed by atoms with Gasteiger partial charge in [-0.05, 0) is 24.0 Å². The summed E-state index contributed by atoms with van der Waals surface area (Å²) in [5, 5.41) is 0. The molecule has 0 fully saturated rings. The highest BCUT2D eigenvalue weighted by atomic mass is 15.1. The van der Waals surface area contributed by atoms with Crippen LogP contribution in [0.1, 0.15) is 37.2 Å². The Kier molecular flexibility index (Phi) is 3.97. The van der Waals surface area contributed by atoms with Crippen LogP contribution in [0.5, 0.6) is 0 Å². The zero-order chi connectivity index (χ0) is 12.1. The summed E-state index contributed by atoms with van der Waals surface area (Å²) in [4.78, 5) is 4.40. The number of benzene rings is 1. The first-order valence-corrected chi connectivity index (χ1v) is 6.41. The average Bonchev–Trinajstić information content (AvgIpc) is 2.78. The Morgan fingerprint density at radius 2 is 1.76 bits per heavy atom. The Labute approximate surface area is 103 Å². The minimum absolute atomic E-state index is 0.930. The first kappa shape index (κ1) is 11.9. The van der Waals surface area contributed by atoms with Crippen molar-refractivity contribution in [1.29, 1.82) is 0 Å². The molecular weight excluding hydrogens is 208 g/mol. The minimum atomic E-state index is 0.930. The predicted octanol–water partition coefficient (Wildman–Crippen LogP) is 3.45. The van der Waals surface area contributed by atoms with E-state index in [1.54, 1.807) is 0 Å². The molecule has 90 valence electrons. The van der Waals surface area contributed by atoms with Crippen LogP contribution in [0.15, 0.2) is 36.7 Å². The monoisotopic (exact) mass is 228 g/mol. The van der Waals surface area contributed by atoms with Gasteiger partial charge in [-0.3, -0.25) is 0 Å². The molecule has 0 N–H and O–H groups in total. The molecule has 0 bridgehead atoms. The van der Waals surface area contributed by atoms with Crippen LogP contribution < -0.4 is 0 Å². The molecule has 2 heteroatoms. The number of nitrogens with zero attached hydrogens (tertiary/aromatic N) is 2. The van der Waals surface area contributed by atoms with Crippen molar-refractivity contribution in [1.82, 2.24) is 9.55 Å². The fraction of sp³-hybridized carbons (Fsp3) is 0.400. The molecule has 0 radical (unpaired) electrons. The third-order valence-corrected chi connectivity index (χ3v) is 3.06. The van der Waals surface area contributed by atoms with Crippen molar-refractivity contribution in [2.45, 2.75) is 39.7 Å². The second kappa shape index (κ2) is 5.67. The summed E-state index contributed by atoms with van der Waals surface area (Å²) in [6, 6.07) is 8.86. The Hall–Kier alpha value is -1.57. The fourth-order valence-electron chi connectivity index (χ4n) is 2.01. The van der Waals surface area contributed by atoms with Gasteiger partial charge in [-0.15, -0.1) is 0 Å². The van der Waals surface area contributed by atoms with E-state index in [0.717, 1.165) is 25.8 Å². The summed E-state index contributed by atoms with van der Waals surface area (Å²) in [5.41, 5.74) is 2.74. The molecule has 2 nitrogen and oxygen atoms in total. The lowest BCUT2D eigenvalue weighted by atomic mass is 10.1.